The van der Waals surface area contributed by atoms with E-state index in [2.05, 4.69) is 15.5 Å². The van der Waals surface area contributed by atoms with E-state index in [4.69, 9.17) is 9.08 Å². The standard InChI is InChI=1S/C21H22FN3O5S/c1-21(2,3)18-10-19(25-30-18)24-20(26)9-13-4-7-16(17(22)8-13)14-5-6-15(23-11-14)12-31(27,28)29/h4-8,10-11H,9,12H2,1-3H3,(H,24,25,26)(H,27,28,29). The van der Waals surface area contributed by atoms with Gasteiger partial charge in [-0.25, -0.2) is 4.39 Å². The van der Waals surface area contributed by atoms with Crippen LogP contribution in [0.2, 0.25) is 0 Å². The maximum atomic E-state index is 14.6. The summed E-state index contributed by atoms with van der Waals surface area (Å²) in [7, 11) is -4.19. The molecule has 0 spiro atoms. The first-order valence-electron chi connectivity index (χ1n) is 9.37. The van der Waals surface area contributed by atoms with Gasteiger partial charge in [-0.3, -0.25) is 14.3 Å². The Morgan fingerprint density at radius 1 is 1.19 bits per heavy atom. The molecular weight excluding hydrogens is 425 g/mol. The van der Waals surface area contributed by atoms with E-state index in [-0.39, 0.29) is 29.0 Å². The van der Waals surface area contributed by atoms with Crippen molar-refractivity contribution < 1.29 is 26.7 Å². The molecule has 10 heteroatoms. The van der Waals surface area contributed by atoms with Crippen LogP contribution in [0.5, 0.6) is 0 Å². The van der Waals surface area contributed by atoms with E-state index in [1.807, 2.05) is 20.8 Å². The van der Waals surface area contributed by atoms with Gasteiger partial charge >= 0.3 is 0 Å². The molecular formula is C21H22FN3O5S. The molecule has 0 aliphatic carbocycles. The van der Waals surface area contributed by atoms with E-state index in [1.165, 1.54) is 30.5 Å². The second-order valence-corrected chi connectivity index (χ2v) is 9.58. The molecule has 3 rings (SSSR count). The zero-order chi connectivity index (χ0) is 22.8. The average Bonchev–Trinajstić information content (AvgIpc) is 3.10. The molecule has 2 aromatic heterocycles. The van der Waals surface area contributed by atoms with Crippen molar-refractivity contribution in [2.75, 3.05) is 5.32 Å². The summed E-state index contributed by atoms with van der Waals surface area (Å²) in [5, 5.41) is 6.45. The molecule has 0 aliphatic rings. The van der Waals surface area contributed by atoms with Crippen LogP contribution in [0.4, 0.5) is 10.2 Å². The van der Waals surface area contributed by atoms with Gasteiger partial charge in [0.05, 0.1) is 12.1 Å². The lowest BCUT2D eigenvalue weighted by molar-refractivity contribution is -0.115. The third-order valence-corrected chi connectivity index (χ3v) is 5.04. The van der Waals surface area contributed by atoms with Gasteiger partial charge in [0.2, 0.25) is 5.91 Å². The van der Waals surface area contributed by atoms with Crippen LogP contribution in [0.15, 0.2) is 47.1 Å². The van der Waals surface area contributed by atoms with Gasteiger partial charge in [0.1, 0.15) is 17.3 Å². The van der Waals surface area contributed by atoms with Crippen LogP contribution < -0.4 is 5.32 Å². The topological polar surface area (TPSA) is 122 Å². The van der Waals surface area contributed by atoms with Crippen molar-refractivity contribution in [1.29, 1.82) is 0 Å². The minimum Gasteiger partial charge on any atom is -0.359 e. The maximum absolute atomic E-state index is 14.6. The van der Waals surface area contributed by atoms with E-state index < -0.39 is 21.7 Å². The molecule has 2 heterocycles. The number of hydrogen-bond acceptors (Lipinski definition) is 6. The van der Waals surface area contributed by atoms with Gasteiger partial charge in [-0.1, -0.05) is 44.1 Å². The lowest BCUT2D eigenvalue weighted by atomic mass is 9.93. The highest BCUT2D eigenvalue weighted by Gasteiger charge is 2.20. The Balaban J connectivity index is 1.68. The zero-order valence-corrected chi connectivity index (χ0v) is 18.0. The van der Waals surface area contributed by atoms with E-state index in [0.717, 1.165) is 0 Å². The zero-order valence-electron chi connectivity index (χ0n) is 17.2. The average molecular weight is 447 g/mol. The van der Waals surface area contributed by atoms with Crippen LogP contribution in [-0.4, -0.2) is 29.0 Å². The van der Waals surface area contributed by atoms with Gasteiger partial charge in [-0.15, -0.1) is 0 Å². The smallest absolute Gasteiger partial charge is 0.270 e. The molecule has 0 bridgehead atoms. The molecule has 0 fully saturated rings. The van der Waals surface area contributed by atoms with Crippen LogP contribution in [-0.2, 0) is 32.5 Å². The molecule has 0 unspecified atom stereocenters. The predicted molar refractivity (Wildman–Crippen MR) is 112 cm³/mol. The molecule has 31 heavy (non-hydrogen) atoms. The van der Waals surface area contributed by atoms with Crippen LogP contribution in [0.1, 0.15) is 37.8 Å². The van der Waals surface area contributed by atoms with Crippen molar-refractivity contribution in [3.8, 4) is 11.1 Å². The highest BCUT2D eigenvalue weighted by atomic mass is 32.2. The Morgan fingerprint density at radius 2 is 1.94 bits per heavy atom. The van der Waals surface area contributed by atoms with Crippen molar-refractivity contribution in [2.45, 2.75) is 38.4 Å². The second-order valence-electron chi connectivity index (χ2n) is 8.13. The van der Waals surface area contributed by atoms with Gasteiger partial charge in [0, 0.05) is 28.8 Å². The minimum atomic E-state index is -4.19. The van der Waals surface area contributed by atoms with E-state index >= 15 is 0 Å². The number of hydrogen-bond donors (Lipinski definition) is 2. The van der Waals surface area contributed by atoms with Crippen LogP contribution in [0.25, 0.3) is 11.1 Å². The number of carbonyl (C=O) groups is 1. The van der Waals surface area contributed by atoms with Crippen molar-refractivity contribution in [2.24, 2.45) is 0 Å². The number of nitrogens with one attached hydrogen (secondary N) is 1. The highest BCUT2D eigenvalue weighted by Crippen LogP contribution is 2.25. The molecule has 0 radical (unpaired) electrons. The molecule has 2 N–H and O–H groups in total. The number of aromatic nitrogens is 2. The van der Waals surface area contributed by atoms with E-state index in [9.17, 15) is 17.6 Å². The lowest BCUT2D eigenvalue weighted by Crippen LogP contribution is -2.15. The van der Waals surface area contributed by atoms with Crippen molar-refractivity contribution in [3.05, 3.63) is 65.4 Å². The molecule has 3 aromatic rings. The Hall–Kier alpha value is -3.11. The number of anilines is 1. The lowest BCUT2D eigenvalue weighted by Gasteiger charge is -2.12. The third-order valence-electron chi connectivity index (χ3n) is 4.38. The number of carbonyl (C=O) groups excluding carboxylic acids is 1. The molecule has 164 valence electrons. The number of benzene rings is 1. The first-order chi connectivity index (χ1) is 14.4. The summed E-state index contributed by atoms with van der Waals surface area (Å²) < 4.78 is 50.5. The largest absolute Gasteiger partial charge is 0.359 e. The fraction of sp³-hybridized carbons (Fsp3) is 0.286. The van der Waals surface area contributed by atoms with E-state index in [1.54, 1.807) is 12.1 Å². The van der Waals surface area contributed by atoms with Gasteiger partial charge < -0.3 is 9.84 Å². The molecule has 0 saturated heterocycles. The number of nitrogens with zero attached hydrogens (tertiary/aromatic N) is 2. The van der Waals surface area contributed by atoms with Crippen LogP contribution in [0, 0.1) is 5.82 Å². The number of amides is 1. The summed E-state index contributed by atoms with van der Waals surface area (Å²) in [5.41, 5.74) is 1.05. The van der Waals surface area contributed by atoms with E-state index in [0.29, 0.717) is 22.7 Å². The second kappa shape index (κ2) is 8.56. The Kier molecular flexibility index (Phi) is 6.23. The SMILES string of the molecule is CC(C)(C)c1cc(NC(=O)Cc2ccc(-c3ccc(CS(=O)(=O)O)nc3)c(F)c2)no1. The summed E-state index contributed by atoms with van der Waals surface area (Å²) in [6.07, 6.45) is 1.27. The summed E-state index contributed by atoms with van der Waals surface area (Å²) in [6.45, 7) is 5.88. The predicted octanol–water partition coefficient (Wildman–Crippen LogP) is 3.74. The van der Waals surface area contributed by atoms with Crippen molar-refractivity contribution in [3.63, 3.8) is 0 Å². The number of pyridine rings is 1. The Labute approximate surface area is 179 Å². The van der Waals surface area contributed by atoms with Crippen LogP contribution >= 0.6 is 0 Å². The minimum absolute atomic E-state index is 0.0551. The molecule has 0 saturated carbocycles. The fourth-order valence-corrected chi connectivity index (χ4v) is 3.36. The molecule has 0 aliphatic heterocycles. The first-order valence-corrected chi connectivity index (χ1v) is 11.0. The maximum Gasteiger partial charge on any atom is 0.270 e. The van der Waals surface area contributed by atoms with Gasteiger partial charge in [0.15, 0.2) is 5.82 Å². The summed E-state index contributed by atoms with van der Waals surface area (Å²) >= 11 is 0. The summed E-state index contributed by atoms with van der Waals surface area (Å²) in [4.78, 5) is 16.2. The summed E-state index contributed by atoms with van der Waals surface area (Å²) in [6, 6.07) is 8.95. The summed E-state index contributed by atoms with van der Waals surface area (Å²) in [5.74, 6) is -0.604. The molecule has 1 amide bonds. The van der Waals surface area contributed by atoms with Crippen molar-refractivity contribution in [1.82, 2.24) is 10.1 Å². The van der Waals surface area contributed by atoms with Crippen molar-refractivity contribution >= 4 is 21.8 Å². The molecule has 8 nitrogen and oxygen atoms in total. The third kappa shape index (κ3) is 6.19. The highest BCUT2D eigenvalue weighted by molar-refractivity contribution is 7.85. The monoisotopic (exact) mass is 447 g/mol. The quantitative estimate of drug-likeness (QED) is 0.552. The Bertz CT molecular complexity index is 1200. The van der Waals surface area contributed by atoms with Crippen LogP contribution in [0.3, 0.4) is 0 Å². The fourth-order valence-electron chi connectivity index (χ4n) is 2.82. The van der Waals surface area contributed by atoms with Gasteiger partial charge in [0.25, 0.3) is 10.1 Å². The normalized spacial score (nSPS) is 12.0. The Morgan fingerprint density at radius 3 is 2.48 bits per heavy atom. The number of rotatable bonds is 6. The molecule has 1 aromatic carbocycles. The van der Waals surface area contributed by atoms with Gasteiger partial charge in [-0.05, 0) is 17.7 Å². The van der Waals surface area contributed by atoms with Gasteiger partial charge in [-0.2, -0.15) is 8.42 Å². The molecule has 0 atom stereocenters. The number of halogens is 1. The first kappa shape index (κ1) is 22.6.